The topological polar surface area (TPSA) is 103 Å². The molecule has 1 amide bonds. The number of aromatic amines is 1. The molecule has 0 radical (unpaired) electrons. The van der Waals surface area contributed by atoms with Gasteiger partial charge in [0, 0.05) is 75.5 Å². The van der Waals surface area contributed by atoms with Crippen LogP contribution in [0.2, 0.25) is 0 Å². The number of rotatable bonds is 6. The van der Waals surface area contributed by atoms with E-state index in [2.05, 4.69) is 55.5 Å². The number of benzene rings is 1. The molecule has 2 saturated heterocycles. The van der Waals surface area contributed by atoms with Gasteiger partial charge in [-0.2, -0.15) is 10.1 Å². The van der Waals surface area contributed by atoms with Crippen LogP contribution in [0.25, 0.3) is 10.9 Å². The van der Waals surface area contributed by atoms with Gasteiger partial charge in [0.1, 0.15) is 5.82 Å². The third kappa shape index (κ3) is 4.92. The van der Waals surface area contributed by atoms with Crippen molar-refractivity contribution in [2.75, 3.05) is 75.4 Å². The zero-order valence-electron chi connectivity index (χ0n) is 22.6. The molecule has 6 rings (SSSR count). The maximum Gasteiger partial charge on any atom is 0.349 e. The summed E-state index contributed by atoms with van der Waals surface area (Å²) in [4.78, 5) is 39.1. The van der Waals surface area contributed by atoms with Crippen LogP contribution in [-0.4, -0.2) is 101 Å². The molecule has 206 valence electrons. The largest absolute Gasteiger partial charge is 0.379 e. The van der Waals surface area contributed by atoms with Crippen molar-refractivity contribution >= 4 is 28.3 Å². The van der Waals surface area contributed by atoms with Gasteiger partial charge in [0.25, 0.3) is 0 Å². The summed E-state index contributed by atoms with van der Waals surface area (Å²) in [6.07, 6.45) is 4.04. The highest BCUT2D eigenvalue weighted by atomic mass is 16.5. The molecule has 0 bridgehead atoms. The van der Waals surface area contributed by atoms with Crippen molar-refractivity contribution in [2.45, 2.75) is 26.4 Å². The second kappa shape index (κ2) is 10.8. The number of hydrogen-bond acceptors (Lipinski definition) is 8. The van der Waals surface area contributed by atoms with Crippen molar-refractivity contribution in [3.63, 3.8) is 0 Å². The van der Waals surface area contributed by atoms with Gasteiger partial charge in [-0.1, -0.05) is 12.6 Å². The summed E-state index contributed by atoms with van der Waals surface area (Å²) < 4.78 is 7.40. The fourth-order valence-corrected chi connectivity index (χ4v) is 6.12. The van der Waals surface area contributed by atoms with Gasteiger partial charge in [0.15, 0.2) is 0 Å². The van der Waals surface area contributed by atoms with Gasteiger partial charge in [0.2, 0.25) is 5.91 Å². The average molecular weight is 533 g/mol. The maximum absolute atomic E-state index is 13.6. The molecule has 3 aliphatic rings. The predicted molar refractivity (Wildman–Crippen MR) is 150 cm³/mol. The number of hydrogen-bond donors (Lipinski definition) is 1. The number of aryl methyl sites for hydroxylation is 1. The number of carbonyl (C=O) groups excluding carboxylic acids is 1. The highest BCUT2D eigenvalue weighted by Gasteiger charge is 2.30. The fourth-order valence-electron chi connectivity index (χ4n) is 6.12. The molecule has 11 nitrogen and oxygen atoms in total. The van der Waals surface area contributed by atoms with Gasteiger partial charge < -0.3 is 19.4 Å². The third-order valence-electron chi connectivity index (χ3n) is 8.27. The first kappa shape index (κ1) is 25.6. The molecule has 0 saturated carbocycles. The van der Waals surface area contributed by atoms with Crippen LogP contribution in [0.15, 0.2) is 35.8 Å². The number of nitrogens with zero attached hydrogens (tertiary/aromatic N) is 7. The first-order chi connectivity index (χ1) is 19.0. The number of fused-ring (bicyclic) bond motifs is 2. The second-order valence-electron chi connectivity index (χ2n) is 10.5. The monoisotopic (exact) mass is 532 g/mol. The van der Waals surface area contributed by atoms with E-state index in [1.807, 2.05) is 10.8 Å². The van der Waals surface area contributed by atoms with Crippen LogP contribution >= 0.6 is 0 Å². The summed E-state index contributed by atoms with van der Waals surface area (Å²) >= 11 is 0. The number of morpholine rings is 1. The molecular weight excluding hydrogens is 496 g/mol. The molecule has 0 aliphatic carbocycles. The number of carbonyl (C=O) groups is 1. The van der Waals surface area contributed by atoms with Gasteiger partial charge in [-0.25, -0.2) is 4.79 Å². The molecule has 3 aliphatic heterocycles. The summed E-state index contributed by atoms with van der Waals surface area (Å²) in [5.74, 6) is 0.726. The van der Waals surface area contributed by atoms with E-state index in [1.165, 1.54) is 11.6 Å². The minimum atomic E-state index is -0.207. The van der Waals surface area contributed by atoms with Crippen LogP contribution in [0.1, 0.15) is 16.8 Å². The summed E-state index contributed by atoms with van der Waals surface area (Å²) in [6.45, 7) is 14.3. The van der Waals surface area contributed by atoms with E-state index in [9.17, 15) is 9.59 Å². The zero-order valence-corrected chi connectivity index (χ0v) is 22.6. The highest BCUT2D eigenvalue weighted by molar-refractivity contribution is 5.93. The molecule has 11 heteroatoms. The Bertz CT molecular complexity index is 1430. The van der Waals surface area contributed by atoms with Crippen molar-refractivity contribution in [3.05, 3.63) is 58.3 Å². The minimum absolute atomic E-state index is 0.0531. The Morgan fingerprint density at radius 2 is 1.87 bits per heavy atom. The van der Waals surface area contributed by atoms with Crippen molar-refractivity contribution < 1.29 is 9.53 Å². The lowest BCUT2D eigenvalue weighted by atomic mass is 10.0. The fraction of sp³-hybridized carbons (Fsp3) is 0.500. The smallest absolute Gasteiger partial charge is 0.349 e. The Kier molecular flexibility index (Phi) is 7.09. The number of amides is 1. The van der Waals surface area contributed by atoms with Crippen LogP contribution in [0.5, 0.6) is 0 Å². The van der Waals surface area contributed by atoms with Crippen LogP contribution < -0.4 is 15.5 Å². The van der Waals surface area contributed by atoms with Crippen molar-refractivity contribution in [1.29, 1.82) is 0 Å². The second-order valence-corrected chi connectivity index (χ2v) is 10.5. The van der Waals surface area contributed by atoms with Crippen LogP contribution in [0.3, 0.4) is 0 Å². The van der Waals surface area contributed by atoms with Crippen molar-refractivity contribution in [3.8, 4) is 0 Å². The molecule has 3 aromatic rings. The van der Waals surface area contributed by atoms with Gasteiger partial charge in [0.05, 0.1) is 37.2 Å². The summed E-state index contributed by atoms with van der Waals surface area (Å²) in [6, 6.07) is 4.19. The molecule has 0 unspecified atom stereocenters. The Hall–Kier alpha value is -3.70. The van der Waals surface area contributed by atoms with Crippen LogP contribution in [0.4, 0.5) is 11.5 Å². The summed E-state index contributed by atoms with van der Waals surface area (Å²) in [5.41, 5.74) is 5.33. The third-order valence-corrected chi connectivity index (χ3v) is 8.27. The predicted octanol–water partition coefficient (Wildman–Crippen LogP) is 1.16. The normalized spacial score (nSPS) is 18.4. The Morgan fingerprint density at radius 1 is 1.08 bits per heavy atom. The molecule has 2 fully saturated rings. The minimum Gasteiger partial charge on any atom is -0.379 e. The number of nitrogens with one attached hydrogen (secondary N) is 1. The van der Waals surface area contributed by atoms with Gasteiger partial charge in [-0.3, -0.25) is 19.4 Å². The number of piperazine rings is 1. The van der Waals surface area contributed by atoms with Crippen LogP contribution in [-0.2, 0) is 29.0 Å². The molecule has 0 spiro atoms. The lowest BCUT2D eigenvalue weighted by molar-refractivity contribution is -0.126. The summed E-state index contributed by atoms with van der Waals surface area (Å²) in [5, 5.41) is 8.47. The number of anilines is 2. The number of aromatic nitrogens is 4. The lowest BCUT2D eigenvalue weighted by Gasteiger charge is -2.39. The van der Waals surface area contributed by atoms with Gasteiger partial charge in [-0.15, -0.1) is 0 Å². The lowest BCUT2D eigenvalue weighted by Crippen LogP contribution is -2.50. The molecule has 39 heavy (non-hydrogen) atoms. The van der Waals surface area contributed by atoms with E-state index in [0.717, 1.165) is 79.5 Å². The molecule has 0 atom stereocenters. The Labute approximate surface area is 227 Å². The van der Waals surface area contributed by atoms with E-state index in [4.69, 9.17) is 4.74 Å². The molecule has 2 aromatic heterocycles. The molecular formula is C28H36N8O3. The number of ether oxygens (including phenoxy) is 1. The van der Waals surface area contributed by atoms with E-state index in [1.54, 1.807) is 4.90 Å². The zero-order chi connectivity index (χ0) is 26.9. The van der Waals surface area contributed by atoms with Crippen molar-refractivity contribution in [2.24, 2.45) is 0 Å². The molecule has 1 aromatic carbocycles. The maximum atomic E-state index is 13.6. The van der Waals surface area contributed by atoms with E-state index >= 15 is 0 Å². The van der Waals surface area contributed by atoms with E-state index in [0.29, 0.717) is 39.3 Å². The average Bonchev–Trinajstić information content (AvgIpc) is 3.45. The first-order valence-electron chi connectivity index (χ1n) is 13.8. The molecule has 1 N–H and O–H groups in total. The SMILES string of the molecule is C=CC(=O)N1CCN(c2nc(=O)n(CCN3CCOCC3)c3c2CCN(c2c(C)ccc4[nH]ncc24)C3)CC1. The number of H-pyrrole nitrogens is 1. The standard InChI is InChI=1S/C28H36N8O3/c1-3-25(37)33-9-11-34(12-10-33)27-21-6-7-35(26-20(2)4-5-23-22(26)18-29-31-23)19-24(21)36(28(38)30-27)13-8-32-14-16-39-17-15-32/h3-5,18H,1,6-17,19H2,2H3,(H,29,31). The Balaban J connectivity index is 1.35. The van der Waals surface area contributed by atoms with E-state index in [-0.39, 0.29) is 11.6 Å². The van der Waals surface area contributed by atoms with Gasteiger partial charge >= 0.3 is 5.69 Å². The van der Waals surface area contributed by atoms with Crippen molar-refractivity contribution in [1.82, 2.24) is 29.5 Å². The molecule has 5 heterocycles. The summed E-state index contributed by atoms with van der Waals surface area (Å²) in [7, 11) is 0. The van der Waals surface area contributed by atoms with Gasteiger partial charge in [-0.05, 0) is 31.1 Å². The quantitative estimate of drug-likeness (QED) is 0.472. The van der Waals surface area contributed by atoms with Crippen LogP contribution in [0, 0.1) is 6.92 Å². The Morgan fingerprint density at radius 3 is 2.64 bits per heavy atom. The first-order valence-corrected chi connectivity index (χ1v) is 13.8. The highest BCUT2D eigenvalue weighted by Crippen LogP contribution is 2.35. The van der Waals surface area contributed by atoms with E-state index < -0.39 is 0 Å².